The summed E-state index contributed by atoms with van der Waals surface area (Å²) in [5.74, 6) is 0.477. The lowest BCUT2D eigenvalue weighted by Crippen LogP contribution is -2.49. The van der Waals surface area contributed by atoms with E-state index in [1.807, 2.05) is 11.8 Å². The molecule has 22 heavy (non-hydrogen) atoms. The molecule has 2 aliphatic rings. The fourth-order valence-corrected chi connectivity index (χ4v) is 3.49. The smallest absolute Gasteiger partial charge is 0.272 e. The fourth-order valence-electron chi connectivity index (χ4n) is 3.49. The summed E-state index contributed by atoms with van der Waals surface area (Å²) in [6, 6.07) is 1.76. The minimum Gasteiger partial charge on any atom is -0.369 e. The van der Waals surface area contributed by atoms with Crippen LogP contribution in [-0.4, -0.2) is 39.6 Å². The Morgan fingerprint density at radius 2 is 2.05 bits per heavy atom. The molecule has 1 aromatic rings. The maximum Gasteiger partial charge on any atom is 0.272 e. The molecule has 3 rings (SSSR count). The summed E-state index contributed by atoms with van der Waals surface area (Å²) in [5, 5.41) is 4.15. The van der Waals surface area contributed by atoms with Gasteiger partial charge in [-0.15, -0.1) is 0 Å². The highest BCUT2D eigenvalue weighted by Gasteiger charge is 2.44. The normalized spacial score (nSPS) is 20.9. The highest BCUT2D eigenvalue weighted by Crippen LogP contribution is 2.45. The summed E-state index contributed by atoms with van der Waals surface area (Å²) >= 11 is 0. The number of likely N-dealkylation sites (tertiary alicyclic amines) is 1. The highest BCUT2D eigenvalue weighted by atomic mass is 16.2. The quantitative estimate of drug-likeness (QED) is 0.893. The molecule has 2 N–H and O–H groups in total. The van der Waals surface area contributed by atoms with Gasteiger partial charge in [0.15, 0.2) is 0 Å². The molecule has 120 valence electrons. The van der Waals surface area contributed by atoms with Crippen LogP contribution < -0.4 is 5.73 Å². The Hall–Kier alpha value is -1.85. The molecule has 0 unspecified atom stereocenters. The summed E-state index contributed by atoms with van der Waals surface area (Å²) in [4.78, 5) is 26.4. The van der Waals surface area contributed by atoms with E-state index in [0.29, 0.717) is 44.1 Å². The molecular weight excluding hydrogens is 280 g/mol. The minimum absolute atomic E-state index is 0.00356. The summed E-state index contributed by atoms with van der Waals surface area (Å²) in [7, 11) is 0. The number of aryl methyl sites for hydroxylation is 1. The Balaban J connectivity index is 1.67. The topological polar surface area (TPSA) is 81.2 Å². The van der Waals surface area contributed by atoms with E-state index in [2.05, 4.69) is 5.10 Å². The first-order valence-corrected chi connectivity index (χ1v) is 8.17. The monoisotopic (exact) mass is 304 g/mol. The molecule has 2 amide bonds. The van der Waals surface area contributed by atoms with E-state index in [9.17, 15) is 9.59 Å². The number of nitrogens with two attached hydrogens (primary N) is 1. The standard InChI is InChI=1S/C16H24N4O2/c1-2-20-13(5-8-18-20)14(21)19-9-6-16(7-10-19,15(17)22)11-12-3-4-12/h5,8,12H,2-4,6-7,9-11H2,1H3,(H2,17,22). The van der Waals surface area contributed by atoms with Crippen molar-refractivity contribution in [1.29, 1.82) is 0 Å². The predicted molar refractivity (Wildman–Crippen MR) is 82.0 cm³/mol. The third kappa shape index (κ3) is 2.74. The van der Waals surface area contributed by atoms with Crippen molar-refractivity contribution in [2.24, 2.45) is 17.1 Å². The summed E-state index contributed by atoms with van der Waals surface area (Å²) in [5.41, 5.74) is 5.91. The van der Waals surface area contributed by atoms with Crippen molar-refractivity contribution < 1.29 is 9.59 Å². The molecule has 6 heteroatoms. The number of carbonyl (C=O) groups excluding carboxylic acids is 2. The van der Waals surface area contributed by atoms with Gasteiger partial charge in [0.2, 0.25) is 5.91 Å². The van der Waals surface area contributed by atoms with Gasteiger partial charge in [0.1, 0.15) is 5.69 Å². The van der Waals surface area contributed by atoms with Gasteiger partial charge in [-0.05, 0) is 38.2 Å². The van der Waals surface area contributed by atoms with Crippen molar-refractivity contribution in [2.75, 3.05) is 13.1 Å². The van der Waals surface area contributed by atoms with Gasteiger partial charge in [-0.2, -0.15) is 5.10 Å². The first kappa shape index (κ1) is 15.1. The van der Waals surface area contributed by atoms with Crippen molar-refractivity contribution in [1.82, 2.24) is 14.7 Å². The van der Waals surface area contributed by atoms with Crippen molar-refractivity contribution in [3.63, 3.8) is 0 Å². The van der Waals surface area contributed by atoms with Crippen molar-refractivity contribution in [2.45, 2.75) is 45.6 Å². The Bertz CT molecular complexity index is 568. The number of carbonyl (C=O) groups is 2. The van der Waals surface area contributed by atoms with Gasteiger partial charge in [-0.25, -0.2) is 0 Å². The number of primary amides is 1. The molecule has 0 radical (unpaired) electrons. The molecule has 0 bridgehead atoms. The molecule has 1 saturated carbocycles. The van der Waals surface area contributed by atoms with Crippen molar-refractivity contribution >= 4 is 11.8 Å². The number of amides is 2. The summed E-state index contributed by atoms with van der Waals surface area (Å²) in [6.07, 6.45) is 6.36. The second-order valence-corrected chi connectivity index (χ2v) is 6.62. The van der Waals surface area contributed by atoms with Crippen molar-refractivity contribution in [3.8, 4) is 0 Å². The zero-order chi connectivity index (χ0) is 15.7. The Labute approximate surface area is 130 Å². The lowest BCUT2D eigenvalue weighted by molar-refractivity contribution is -0.131. The van der Waals surface area contributed by atoms with E-state index in [-0.39, 0.29) is 11.8 Å². The van der Waals surface area contributed by atoms with E-state index in [1.165, 1.54) is 12.8 Å². The number of aromatic nitrogens is 2. The molecule has 2 fully saturated rings. The van der Waals surface area contributed by atoms with Crippen LogP contribution in [-0.2, 0) is 11.3 Å². The lowest BCUT2D eigenvalue weighted by Gasteiger charge is -2.39. The summed E-state index contributed by atoms with van der Waals surface area (Å²) < 4.78 is 1.71. The van der Waals surface area contributed by atoms with Crippen LogP contribution in [0, 0.1) is 11.3 Å². The molecule has 1 aliphatic heterocycles. The lowest BCUT2D eigenvalue weighted by atomic mass is 9.73. The van der Waals surface area contributed by atoms with Crippen LogP contribution in [0.4, 0.5) is 0 Å². The van der Waals surface area contributed by atoms with E-state index >= 15 is 0 Å². The van der Waals surface area contributed by atoms with Gasteiger partial charge in [-0.3, -0.25) is 14.3 Å². The average Bonchev–Trinajstić information content (AvgIpc) is 3.19. The van der Waals surface area contributed by atoms with Crippen LogP contribution in [0.5, 0.6) is 0 Å². The van der Waals surface area contributed by atoms with Gasteiger partial charge in [0.05, 0.1) is 5.41 Å². The van der Waals surface area contributed by atoms with Crippen LogP contribution in [0.15, 0.2) is 12.3 Å². The largest absolute Gasteiger partial charge is 0.369 e. The Kier molecular flexibility index (Phi) is 3.93. The maximum absolute atomic E-state index is 12.6. The van der Waals surface area contributed by atoms with Crippen LogP contribution in [0.2, 0.25) is 0 Å². The molecule has 6 nitrogen and oxygen atoms in total. The summed E-state index contributed by atoms with van der Waals surface area (Å²) in [6.45, 7) is 3.84. The maximum atomic E-state index is 12.6. The zero-order valence-electron chi connectivity index (χ0n) is 13.1. The molecule has 0 atom stereocenters. The first-order chi connectivity index (χ1) is 10.6. The fraction of sp³-hybridized carbons (Fsp3) is 0.688. The van der Waals surface area contributed by atoms with Crippen LogP contribution in [0.3, 0.4) is 0 Å². The third-order valence-electron chi connectivity index (χ3n) is 5.14. The van der Waals surface area contributed by atoms with Gasteiger partial charge in [0.25, 0.3) is 5.91 Å². The Morgan fingerprint density at radius 1 is 1.36 bits per heavy atom. The molecule has 1 aliphatic carbocycles. The van der Waals surface area contributed by atoms with Gasteiger partial charge in [0, 0.05) is 25.8 Å². The van der Waals surface area contributed by atoms with Gasteiger partial charge in [-0.1, -0.05) is 12.8 Å². The minimum atomic E-state index is -0.400. The number of hydrogen-bond donors (Lipinski definition) is 1. The second kappa shape index (κ2) is 5.74. The molecular formula is C16H24N4O2. The molecule has 1 aromatic heterocycles. The second-order valence-electron chi connectivity index (χ2n) is 6.62. The molecule has 1 saturated heterocycles. The number of nitrogens with zero attached hydrogens (tertiary/aromatic N) is 3. The number of rotatable bonds is 5. The third-order valence-corrected chi connectivity index (χ3v) is 5.14. The van der Waals surface area contributed by atoms with E-state index < -0.39 is 5.41 Å². The van der Waals surface area contributed by atoms with Gasteiger partial charge >= 0.3 is 0 Å². The first-order valence-electron chi connectivity index (χ1n) is 8.17. The molecule has 0 aromatic carbocycles. The number of hydrogen-bond acceptors (Lipinski definition) is 3. The highest BCUT2D eigenvalue weighted by molar-refractivity contribution is 5.93. The van der Waals surface area contributed by atoms with Crippen LogP contribution in [0.1, 0.15) is 49.5 Å². The number of piperidine rings is 1. The van der Waals surface area contributed by atoms with Crippen LogP contribution in [0.25, 0.3) is 0 Å². The zero-order valence-corrected chi connectivity index (χ0v) is 13.1. The average molecular weight is 304 g/mol. The molecule has 0 spiro atoms. The molecule has 2 heterocycles. The predicted octanol–water partition coefficient (Wildman–Crippen LogP) is 1.41. The van der Waals surface area contributed by atoms with E-state index in [1.54, 1.807) is 16.9 Å². The van der Waals surface area contributed by atoms with Crippen LogP contribution >= 0.6 is 0 Å². The Morgan fingerprint density at radius 3 is 2.59 bits per heavy atom. The van der Waals surface area contributed by atoms with E-state index in [4.69, 9.17) is 5.73 Å². The van der Waals surface area contributed by atoms with E-state index in [0.717, 1.165) is 6.42 Å². The van der Waals surface area contributed by atoms with Crippen molar-refractivity contribution in [3.05, 3.63) is 18.0 Å². The van der Waals surface area contributed by atoms with Gasteiger partial charge < -0.3 is 10.6 Å². The SMILES string of the molecule is CCn1nccc1C(=O)N1CCC(CC2CC2)(C(N)=O)CC1.